The standard InChI is InChI=1S/C24H22FN3S/c1-17-11-13-19(14-12-17)22-15-23(20-9-5-6-10-21(20)25)28(27-22)24(29)26-16-18-7-3-2-4-8-18/h2-15,23,27H,16H2,1H3,(H,26,29)/t23-/m1/s1. The van der Waals surface area contributed by atoms with Crippen molar-refractivity contribution in [2.24, 2.45) is 0 Å². The Bertz CT molecular complexity index is 1030. The quantitative estimate of drug-likeness (QED) is 0.592. The second-order valence-electron chi connectivity index (χ2n) is 7.04. The van der Waals surface area contributed by atoms with Crippen LogP contribution >= 0.6 is 12.2 Å². The summed E-state index contributed by atoms with van der Waals surface area (Å²) in [5, 5.41) is 5.61. The van der Waals surface area contributed by atoms with Crippen molar-refractivity contribution in [3.8, 4) is 0 Å². The van der Waals surface area contributed by atoms with Crippen molar-refractivity contribution in [1.29, 1.82) is 0 Å². The number of thiocarbonyl (C=S) groups is 1. The highest BCUT2D eigenvalue weighted by molar-refractivity contribution is 7.80. The lowest BCUT2D eigenvalue weighted by atomic mass is 10.0. The van der Waals surface area contributed by atoms with Gasteiger partial charge in [-0.3, -0.25) is 10.4 Å². The maximum absolute atomic E-state index is 14.6. The highest BCUT2D eigenvalue weighted by Crippen LogP contribution is 2.32. The number of halogens is 1. The summed E-state index contributed by atoms with van der Waals surface area (Å²) in [6.45, 7) is 2.65. The number of benzene rings is 3. The Kier molecular flexibility index (Phi) is 5.58. The van der Waals surface area contributed by atoms with Gasteiger partial charge in [0.1, 0.15) is 11.9 Å². The van der Waals surface area contributed by atoms with Gasteiger partial charge in [-0.05, 0) is 42.4 Å². The van der Waals surface area contributed by atoms with Gasteiger partial charge in [-0.1, -0.05) is 78.4 Å². The Morgan fingerprint density at radius 1 is 1.00 bits per heavy atom. The van der Waals surface area contributed by atoms with Crippen LogP contribution in [0.4, 0.5) is 4.39 Å². The molecule has 0 spiro atoms. The molecule has 146 valence electrons. The summed E-state index contributed by atoms with van der Waals surface area (Å²) in [4.78, 5) is 0. The SMILES string of the molecule is Cc1ccc(C2=C[C@H](c3ccccc3F)N(C(=S)NCc3ccccc3)N2)cc1. The normalized spacial score (nSPS) is 15.6. The molecule has 0 radical (unpaired) electrons. The van der Waals surface area contributed by atoms with Gasteiger partial charge in [-0.2, -0.15) is 0 Å². The van der Waals surface area contributed by atoms with Gasteiger partial charge in [0.05, 0.1) is 5.70 Å². The molecule has 0 saturated heterocycles. The van der Waals surface area contributed by atoms with Crippen molar-refractivity contribution in [2.45, 2.75) is 19.5 Å². The van der Waals surface area contributed by atoms with Gasteiger partial charge >= 0.3 is 0 Å². The van der Waals surface area contributed by atoms with E-state index in [9.17, 15) is 4.39 Å². The predicted octanol–water partition coefficient (Wildman–Crippen LogP) is 5.11. The molecule has 0 fully saturated rings. The van der Waals surface area contributed by atoms with Gasteiger partial charge in [0.15, 0.2) is 5.11 Å². The first-order valence-electron chi connectivity index (χ1n) is 9.53. The molecule has 1 atom stereocenters. The minimum atomic E-state index is -0.344. The van der Waals surface area contributed by atoms with E-state index in [1.807, 2.05) is 47.5 Å². The second-order valence-corrected chi connectivity index (χ2v) is 7.43. The second kappa shape index (κ2) is 8.45. The van der Waals surface area contributed by atoms with Crippen LogP contribution in [0.1, 0.15) is 28.3 Å². The number of aryl methyl sites for hydroxylation is 1. The molecular formula is C24H22FN3S. The number of hydrogen-bond acceptors (Lipinski definition) is 2. The van der Waals surface area contributed by atoms with Crippen molar-refractivity contribution in [3.05, 3.63) is 113 Å². The highest BCUT2D eigenvalue weighted by atomic mass is 32.1. The van der Waals surface area contributed by atoms with E-state index >= 15 is 0 Å². The van der Waals surface area contributed by atoms with Gasteiger partial charge in [0.2, 0.25) is 0 Å². The maximum Gasteiger partial charge on any atom is 0.189 e. The minimum Gasteiger partial charge on any atom is -0.357 e. The molecule has 3 nitrogen and oxygen atoms in total. The van der Waals surface area contributed by atoms with Crippen LogP contribution in [0.5, 0.6) is 0 Å². The summed E-state index contributed by atoms with van der Waals surface area (Å²) >= 11 is 5.65. The average molecular weight is 404 g/mol. The number of nitrogens with zero attached hydrogens (tertiary/aromatic N) is 1. The molecule has 1 aliphatic rings. The molecule has 3 aromatic rings. The van der Waals surface area contributed by atoms with Crippen LogP contribution in [0.2, 0.25) is 0 Å². The molecule has 29 heavy (non-hydrogen) atoms. The third kappa shape index (κ3) is 4.30. The zero-order valence-corrected chi connectivity index (χ0v) is 16.9. The van der Waals surface area contributed by atoms with Crippen molar-refractivity contribution >= 4 is 23.0 Å². The van der Waals surface area contributed by atoms with E-state index in [0.717, 1.165) is 16.8 Å². The molecule has 0 bridgehead atoms. The van der Waals surface area contributed by atoms with Crippen LogP contribution in [0, 0.1) is 12.7 Å². The van der Waals surface area contributed by atoms with Gasteiger partial charge in [0, 0.05) is 12.1 Å². The third-order valence-electron chi connectivity index (χ3n) is 4.94. The molecule has 2 N–H and O–H groups in total. The minimum absolute atomic E-state index is 0.253. The smallest absolute Gasteiger partial charge is 0.189 e. The third-order valence-corrected chi connectivity index (χ3v) is 5.28. The van der Waals surface area contributed by atoms with Crippen molar-refractivity contribution < 1.29 is 4.39 Å². The number of rotatable bonds is 4. The van der Waals surface area contributed by atoms with E-state index in [4.69, 9.17) is 12.2 Å². The molecular weight excluding hydrogens is 381 g/mol. The number of nitrogens with one attached hydrogen (secondary N) is 2. The Labute approximate surface area is 175 Å². The average Bonchev–Trinajstić information content (AvgIpc) is 3.19. The molecule has 3 aromatic carbocycles. The van der Waals surface area contributed by atoms with Crippen molar-refractivity contribution in [1.82, 2.24) is 15.8 Å². The van der Waals surface area contributed by atoms with E-state index in [1.54, 1.807) is 12.1 Å². The first kappa shape index (κ1) is 19.2. The Morgan fingerprint density at radius 2 is 1.69 bits per heavy atom. The van der Waals surface area contributed by atoms with Gasteiger partial charge < -0.3 is 5.32 Å². The van der Waals surface area contributed by atoms with Crippen molar-refractivity contribution in [3.63, 3.8) is 0 Å². The van der Waals surface area contributed by atoms with Crippen LogP contribution in [0.25, 0.3) is 5.70 Å². The molecule has 0 aliphatic carbocycles. The van der Waals surface area contributed by atoms with Crippen LogP contribution in [0.15, 0.2) is 84.9 Å². The summed E-state index contributed by atoms with van der Waals surface area (Å²) in [5.74, 6) is -0.253. The Morgan fingerprint density at radius 3 is 2.41 bits per heavy atom. The van der Waals surface area contributed by atoms with E-state index in [1.165, 1.54) is 11.6 Å². The first-order chi connectivity index (χ1) is 14.1. The van der Waals surface area contributed by atoms with Crippen molar-refractivity contribution in [2.75, 3.05) is 0 Å². The van der Waals surface area contributed by atoms with Gasteiger partial charge in [-0.15, -0.1) is 0 Å². The maximum atomic E-state index is 14.6. The monoisotopic (exact) mass is 403 g/mol. The van der Waals surface area contributed by atoms with Crippen LogP contribution in [0.3, 0.4) is 0 Å². The number of hydrogen-bond donors (Lipinski definition) is 2. The summed E-state index contributed by atoms with van der Waals surface area (Å²) in [5.41, 5.74) is 8.19. The van der Waals surface area contributed by atoms with Crippen LogP contribution in [-0.2, 0) is 6.54 Å². The largest absolute Gasteiger partial charge is 0.357 e. The van der Waals surface area contributed by atoms with Gasteiger partial charge in [-0.25, -0.2) is 4.39 Å². The van der Waals surface area contributed by atoms with Crippen LogP contribution < -0.4 is 10.7 Å². The Hall–Kier alpha value is -3.18. The highest BCUT2D eigenvalue weighted by Gasteiger charge is 2.30. The molecule has 0 saturated carbocycles. The summed E-state index contributed by atoms with van der Waals surface area (Å²) in [6, 6.07) is 24.7. The molecule has 1 heterocycles. The fourth-order valence-electron chi connectivity index (χ4n) is 3.34. The first-order valence-corrected chi connectivity index (χ1v) is 9.93. The van der Waals surface area contributed by atoms with E-state index in [2.05, 4.69) is 41.9 Å². The fourth-order valence-corrected chi connectivity index (χ4v) is 3.57. The van der Waals surface area contributed by atoms with Crippen LogP contribution in [-0.4, -0.2) is 10.1 Å². The predicted molar refractivity (Wildman–Crippen MR) is 119 cm³/mol. The van der Waals surface area contributed by atoms with E-state index < -0.39 is 0 Å². The Balaban J connectivity index is 1.60. The number of hydrazine groups is 1. The molecule has 4 rings (SSSR count). The molecule has 0 amide bonds. The molecule has 5 heteroatoms. The lowest BCUT2D eigenvalue weighted by Gasteiger charge is -2.28. The zero-order chi connectivity index (χ0) is 20.2. The topological polar surface area (TPSA) is 27.3 Å². The van der Waals surface area contributed by atoms with Gasteiger partial charge in [0.25, 0.3) is 0 Å². The fraction of sp³-hybridized carbons (Fsp3) is 0.125. The molecule has 0 aromatic heterocycles. The summed E-state index contributed by atoms with van der Waals surface area (Å²) in [7, 11) is 0. The van der Waals surface area contributed by atoms with E-state index in [-0.39, 0.29) is 11.9 Å². The lowest BCUT2D eigenvalue weighted by Crippen LogP contribution is -2.45. The zero-order valence-electron chi connectivity index (χ0n) is 16.1. The van der Waals surface area contributed by atoms with E-state index in [0.29, 0.717) is 17.2 Å². The summed E-state index contributed by atoms with van der Waals surface area (Å²) < 4.78 is 14.6. The lowest BCUT2D eigenvalue weighted by molar-refractivity contribution is 0.330. The molecule has 0 unspecified atom stereocenters. The molecule has 1 aliphatic heterocycles. The summed E-state index contributed by atoms with van der Waals surface area (Å²) in [6.07, 6.45) is 2.01.